The average Bonchev–Trinajstić information content (AvgIpc) is 3.50. The number of hydrogen-bond donors (Lipinski definition) is 2. The number of fused-ring (bicyclic) bond motifs is 3. The first-order chi connectivity index (χ1) is 20.6. The fraction of sp³-hybridized carbons (Fsp3) is 0.871. The number of carbonyl (C=O) groups excluding carboxylic acids is 4. The van der Waals surface area contributed by atoms with E-state index in [1.54, 1.807) is 13.8 Å². The Bertz CT molecular complexity index is 1140. The Balaban J connectivity index is 1.56. The highest BCUT2D eigenvalue weighted by atomic mass is 16.7. The molecular weight excluding hydrogens is 580 g/mol. The molecule has 0 radical (unpaired) electrons. The van der Waals surface area contributed by atoms with Gasteiger partial charge in [0, 0.05) is 38.5 Å². The van der Waals surface area contributed by atoms with Crippen LogP contribution in [0.1, 0.15) is 74.1 Å². The Morgan fingerprint density at radius 3 is 2.18 bits per heavy atom. The van der Waals surface area contributed by atoms with E-state index in [4.69, 9.17) is 33.2 Å². The Hall–Kier alpha value is -2.32. The number of esters is 4. The van der Waals surface area contributed by atoms with Crippen molar-refractivity contribution in [3.8, 4) is 0 Å². The molecule has 1 spiro atoms. The minimum absolute atomic E-state index is 0.0119. The molecule has 14 atom stereocenters. The van der Waals surface area contributed by atoms with Crippen molar-refractivity contribution >= 4 is 23.9 Å². The molecule has 0 aromatic carbocycles. The highest BCUT2D eigenvalue weighted by Crippen LogP contribution is 2.70. The molecule has 3 saturated heterocycles. The van der Waals surface area contributed by atoms with E-state index in [-0.39, 0.29) is 37.6 Å². The van der Waals surface area contributed by atoms with Gasteiger partial charge in [-0.1, -0.05) is 13.8 Å². The fourth-order valence-corrected chi connectivity index (χ4v) is 8.72. The molecule has 5 rings (SSSR count). The van der Waals surface area contributed by atoms with Crippen molar-refractivity contribution in [3.05, 3.63) is 0 Å². The van der Waals surface area contributed by atoms with Gasteiger partial charge in [-0.3, -0.25) is 19.2 Å². The van der Waals surface area contributed by atoms with Gasteiger partial charge >= 0.3 is 23.9 Å². The van der Waals surface area contributed by atoms with E-state index in [9.17, 15) is 29.4 Å². The van der Waals surface area contributed by atoms with Gasteiger partial charge < -0.3 is 43.4 Å². The number of aliphatic hydroxyl groups excluding tert-OH is 2. The highest BCUT2D eigenvalue weighted by molar-refractivity contribution is 5.74. The third-order valence-electron chi connectivity index (χ3n) is 11.3. The maximum absolute atomic E-state index is 13.4. The summed E-state index contributed by atoms with van der Waals surface area (Å²) < 4.78 is 41.3. The molecule has 44 heavy (non-hydrogen) atoms. The number of aliphatic hydroxyl groups is 2. The smallest absolute Gasteiger partial charge is 0.312 e. The summed E-state index contributed by atoms with van der Waals surface area (Å²) in [7, 11) is 0. The quantitative estimate of drug-likeness (QED) is 0.226. The first-order valence-electron chi connectivity index (χ1n) is 15.6. The van der Waals surface area contributed by atoms with Gasteiger partial charge in [-0.05, 0) is 44.9 Å². The summed E-state index contributed by atoms with van der Waals surface area (Å²) >= 11 is 0. The lowest BCUT2D eigenvalue weighted by atomic mass is 9.41. The first-order valence-corrected chi connectivity index (χ1v) is 15.6. The van der Waals surface area contributed by atoms with Crippen LogP contribution >= 0.6 is 0 Å². The first kappa shape index (κ1) is 33.1. The topological polar surface area (TPSA) is 177 Å². The zero-order chi connectivity index (χ0) is 32.4. The maximum Gasteiger partial charge on any atom is 0.312 e. The molecule has 5 aliphatic rings. The zero-order valence-electron chi connectivity index (χ0n) is 26.5. The molecule has 0 aromatic rings. The van der Waals surface area contributed by atoms with E-state index in [1.807, 2.05) is 0 Å². The van der Waals surface area contributed by atoms with Crippen molar-refractivity contribution < 1.29 is 62.5 Å². The SMILES string of the molecule is CC(=O)OC[C@@]12[C@@H](OC(C)=O)C[C@@H](C)[C@](C)(C3C[C@H]4CC(O)O[C@H]4O3)[C@H]1CC(O)C(OC(=O)[C@@H](C)[C@@H](C)OC(C)=O)C21CO1. The summed E-state index contributed by atoms with van der Waals surface area (Å²) in [4.78, 5) is 49.8. The van der Waals surface area contributed by atoms with Crippen LogP contribution in [0.5, 0.6) is 0 Å². The third-order valence-corrected chi connectivity index (χ3v) is 11.3. The molecule has 2 saturated carbocycles. The van der Waals surface area contributed by atoms with Gasteiger partial charge in [-0.2, -0.15) is 0 Å². The van der Waals surface area contributed by atoms with Crippen LogP contribution in [0.25, 0.3) is 0 Å². The predicted molar refractivity (Wildman–Crippen MR) is 148 cm³/mol. The van der Waals surface area contributed by atoms with Crippen molar-refractivity contribution in [1.29, 1.82) is 0 Å². The van der Waals surface area contributed by atoms with E-state index in [1.165, 1.54) is 20.8 Å². The minimum Gasteiger partial charge on any atom is -0.465 e. The summed E-state index contributed by atoms with van der Waals surface area (Å²) in [6, 6.07) is 0. The summed E-state index contributed by atoms with van der Waals surface area (Å²) in [6.45, 7) is 11.0. The molecule has 5 fully saturated rings. The van der Waals surface area contributed by atoms with E-state index in [0.717, 1.165) is 0 Å². The largest absolute Gasteiger partial charge is 0.465 e. The Morgan fingerprint density at radius 2 is 1.61 bits per heavy atom. The zero-order valence-corrected chi connectivity index (χ0v) is 26.5. The van der Waals surface area contributed by atoms with Gasteiger partial charge in [0.05, 0.1) is 30.1 Å². The molecule has 248 valence electrons. The number of ether oxygens (including phenoxy) is 7. The number of rotatable bonds is 8. The lowest BCUT2D eigenvalue weighted by Gasteiger charge is -2.65. The fourth-order valence-electron chi connectivity index (χ4n) is 8.72. The van der Waals surface area contributed by atoms with Gasteiger partial charge in [-0.25, -0.2) is 0 Å². The van der Waals surface area contributed by atoms with Crippen LogP contribution in [-0.4, -0.2) is 96.0 Å². The van der Waals surface area contributed by atoms with Crippen molar-refractivity contribution in [2.45, 2.75) is 123 Å². The van der Waals surface area contributed by atoms with E-state index >= 15 is 0 Å². The summed E-state index contributed by atoms with van der Waals surface area (Å²) in [6.07, 6.45) is -4.25. The standard InChI is InChI=1S/C31H46O13/c1-14-8-24(41-19(6)34)30(12-38-17(4)32)22(29(14,7)23-9-20-10-25(36)43-28(20)42-23)11-21(35)26(31(30)13-39-31)44-27(37)15(2)16(3)40-18(5)33/h14-16,20-26,28,35-36H,8-13H2,1-7H3/t14-,15+,16-,20+,21?,22-,23?,24+,25?,26?,28-,29+,30+,31?/m1/s1. The number of epoxide rings is 1. The molecule has 13 heteroatoms. The molecule has 3 heterocycles. The normalized spacial score (nSPS) is 45.4. The second kappa shape index (κ2) is 11.8. The second-order valence-corrected chi connectivity index (χ2v) is 13.7. The lowest BCUT2D eigenvalue weighted by molar-refractivity contribution is -0.289. The molecular formula is C31H46O13. The minimum atomic E-state index is -1.35. The molecule has 2 aliphatic carbocycles. The molecule has 13 nitrogen and oxygen atoms in total. The molecule has 0 bridgehead atoms. The van der Waals surface area contributed by atoms with Gasteiger partial charge in [0.2, 0.25) is 0 Å². The van der Waals surface area contributed by atoms with Gasteiger partial charge in [-0.15, -0.1) is 0 Å². The predicted octanol–water partition coefficient (Wildman–Crippen LogP) is 1.63. The van der Waals surface area contributed by atoms with Crippen molar-refractivity contribution in [2.75, 3.05) is 13.2 Å². The molecule has 2 N–H and O–H groups in total. The summed E-state index contributed by atoms with van der Waals surface area (Å²) in [5.74, 6) is -3.76. The van der Waals surface area contributed by atoms with Crippen LogP contribution in [0.4, 0.5) is 0 Å². The van der Waals surface area contributed by atoms with Crippen LogP contribution in [0.2, 0.25) is 0 Å². The van der Waals surface area contributed by atoms with Crippen molar-refractivity contribution in [3.63, 3.8) is 0 Å². The lowest BCUT2D eigenvalue weighted by Crippen LogP contribution is -2.74. The Morgan fingerprint density at radius 1 is 0.932 bits per heavy atom. The van der Waals surface area contributed by atoms with Gasteiger partial charge in [0.15, 0.2) is 18.7 Å². The van der Waals surface area contributed by atoms with Crippen LogP contribution in [0.3, 0.4) is 0 Å². The molecule has 0 amide bonds. The Kier molecular flexibility index (Phi) is 8.86. The highest BCUT2D eigenvalue weighted by Gasteiger charge is 2.81. The third kappa shape index (κ3) is 5.32. The van der Waals surface area contributed by atoms with Crippen molar-refractivity contribution in [1.82, 2.24) is 0 Å². The van der Waals surface area contributed by atoms with Crippen LogP contribution in [-0.2, 0) is 52.3 Å². The van der Waals surface area contributed by atoms with Gasteiger partial charge in [0.1, 0.15) is 24.4 Å². The number of hydrogen-bond acceptors (Lipinski definition) is 13. The van der Waals surface area contributed by atoms with E-state index < -0.39 is 89.1 Å². The van der Waals surface area contributed by atoms with Crippen LogP contribution in [0.15, 0.2) is 0 Å². The summed E-state index contributed by atoms with van der Waals surface area (Å²) in [5, 5.41) is 21.8. The van der Waals surface area contributed by atoms with E-state index in [0.29, 0.717) is 19.3 Å². The van der Waals surface area contributed by atoms with Crippen LogP contribution < -0.4 is 0 Å². The Labute approximate surface area is 257 Å². The molecule has 3 aliphatic heterocycles. The monoisotopic (exact) mass is 626 g/mol. The van der Waals surface area contributed by atoms with Crippen molar-refractivity contribution in [2.24, 2.45) is 34.5 Å². The second-order valence-electron chi connectivity index (χ2n) is 13.7. The van der Waals surface area contributed by atoms with Crippen LogP contribution in [0, 0.1) is 34.5 Å². The maximum atomic E-state index is 13.4. The van der Waals surface area contributed by atoms with E-state index in [2.05, 4.69) is 13.8 Å². The van der Waals surface area contributed by atoms with Gasteiger partial charge in [0.25, 0.3) is 0 Å². The molecule has 0 aromatic heterocycles. The summed E-state index contributed by atoms with van der Waals surface area (Å²) in [5.41, 5.74) is -3.24. The average molecular weight is 627 g/mol. The number of carbonyl (C=O) groups is 4. The molecule has 5 unspecified atom stereocenters.